The molecule has 0 bridgehead atoms. The summed E-state index contributed by atoms with van der Waals surface area (Å²) in [6.45, 7) is 0. The molecule has 0 amide bonds. The zero-order chi connectivity index (χ0) is 9.14. The van der Waals surface area contributed by atoms with Gasteiger partial charge in [-0.1, -0.05) is 0 Å². The second kappa shape index (κ2) is 3.91. The Morgan fingerprint density at radius 3 is 2.92 bits per heavy atom. The summed E-state index contributed by atoms with van der Waals surface area (Å²) in [5, 5.41) is 9.28. The number of carboxylic acids is 1. The molecule has 0 unspecified atom stereocenters. The molecule has 1 aromatic heterocycles. The highest BCUT2D eigenvalue weighted by Crippen LogP contribution is 2.20. The van der Waals surface area contributed by atoms with Crippen molar-refractivity contribution in [3.05, 3.63) is 22.3 Å². The first kappa shape index (κ1) is 9.54. The van der Waals surface area contributed by atoms with Gasteiger partial charge in [0, 0.05) is 10.7 Å². The highest BCUT2D eigenvalue weighted by atomic mass is 79.9. The van der Waals surface area contributed by atoms with E-state index in [0.717, 1.165) is 0 Å². The van der Waals surface area contributed by atoms with Gasteiger partial charge < -0.3 is 5.11 Å². The van der Waals surface area contributed by atoms with Gasteiger partial charge >= 0.3 is 5.97 Å². The van der Waals surface area contributed by atoms with Gasteiger partial charge in [0.2, 0.25) is 0 Å². The topological polar surface area (TPSA) is 50.2 Å². The Balaban J connectivity index is 3.21. The lowest BCUT2D eigenvalue weighted by Gasteiger charge is -2.00. The maximum atomic E-state index is 10.7. The fourth-order valence-electron chi connectivity index (χ4n) is 0.743. The number of carboxylic acid groups (broad SMARTS) is 1. The first-order valence-electron chi connectivity index (χ1n) is 3.08. The minimum Gasteiger partial charge on any atom is -0.478 e. The van der Waals surface area contributed by atoms with Gasteiger partial charge in [0.1, 0.15) is 5.03 Å². The zero-order valence-electron chi connectivity index (χ0n) is 6.24. The van der Waals surface area contributed by atoms with Gasteiger partial charge in [0.25, 0.3) is 0 Å². The van der Waals surface area contributed by atoms with Crippen LogP contribution in [0.3, 0.4) is 0 Å². The van der Waals surface area contributed by atoms with Gasteiger partial charge in [0.15, 0.2) is 0 Å². The molecule has 0 saturated carbocycles. The van der Waals surface area contributed by atoms with Gasteiger partial charge in [0.05, 0.1) is 5.56 Å². The molecule has 0 aliphatic carbocycles. The van der Waals surface area contributed by atoms with Crippen molar-refractivity contribution in [3.63, 3.8) is 0 Å². The summed E-state index contributed by atoms with van der Waals surface area (Å²) in [4.78, 5) is 14.6. The number of aromatic nitrogens is 1. The van der Waals surface area contributed by atoms with Crippen LogP contribution in [0.2, 0.25) is 0 Å². The van der Waals surface area contributed by atoms with E-state index >= 15 is 0 Å². The molecule has 0 aliphatic rings. The van der Waals surface area contributed by atoms with E-state index < -0.39 is 5.97 Å². The quantitative estimate of drug-likeness (QED) is 0.815. The van der Waals surface area contributed by atoms with Gasteiger partial charge in [-0.05, 0) is 28.3 Å². The number of hydrogen-bond donors (Lipinski definition) is 1. The van der Waals surface area contributed by atoms with Crippen LogP contribution < -0.4 is 0 Å². The van der Waals surface area contributed by atoms with Crippen molar-refractivity contribution in [2.45, 2.75) is 5.03 Å². The standard InChI is InChI=1S/C7H6BrNO2S/c1-12-6-5(7(10)11)2-4(8)3-9-6/h2-3H,1H3,(H,10,11). The highest BCUT2D eigenvalue weighted by Gasteiger charge is 2.10. The van der Waals surface area contributed by atoms with Crippen LogP contribution in [0.1, 0.15) is 10.4 Å². The largest absolute Gasteiger partial charge is 0.478 e. The Labute approximate surface area is 82.3 Å². The zero-order valence-corrected chi connectivity index (χ0v) is 8.65. The Kier molecular flexibility index (Phi) is 3.11. The lowest BCUT2D eigenvalue weighted by atomic mass is 10.3. The van der Waals surface area contributed by atoms with Crippen molar-refractivity contribution < 1.29 is 9.90 Å². The maximum Gasteiger partial charge on any atom is 0.338 e. The van der Waals surface area contributed by atoms with E-state index in [1.165, 1.54) is 11.8 Å². The molecule has 0 aliphatic heterocycles. The molecule has 3 nitrogen and oxygen atoms in total. The number of hydrogen-bond acceptors (Lipinski definition) is 3. The summed E-state index contributed by atoms with van der Waals surface area (Å²) in [5.41, 5.74) is 0.233. The third-order valence-electron chi connectivity index (χ3n) is 1.24. The molecule has 0 spiro atoms. The van der Waals surface area contributed by atoms with Gasteiger partial charge in [-0.25, -0.2) is 9.78 Å². The minimum absolute atomic E-state index is 0.233. The summed E-state index contributed by atoms with van der Waals surface area (Å²) < 4.78 is 0.678. The number of carbonyl (C=O) groups is 1. The van der Waals surface area contributed by atoms with Crippen molar-refractivity contribution >= 4 is 33.7 Å². The van der Waals surface area contributed by atoms with Crippen molar-refractivity contribution in [1.82, 2.24) is 4.98 Å². The first-order valence-corrected chi connectivity index (χ1v) is 5.09. The van der Waals surface area contributed by atoms with Crippen molar-refractivity contribution in [1.29, 1.82) is 0 Å². The summed E-state index contributed by atoms with van der Waals surface area (Å²) in [6, 6.07) is 1.54. The van der Waals surface area contributed by atoms with E-state index in [2.05, 4.69) is 20.9 Å². The Morgan fingerprint density at radius 1 is 1.75 bits per heavy atom. The van der Waals surface area contributed by atoms with Crippen LogP contribution in [0.4, 0.5) is 0 Å². The number of nitrogens with zero attached hydrogens (tertiary/aromatic N) is 1. The Hall–Kier alpha value is -0.550. The van der Waals surface area contributed by atoms with E-state index in [-0.39, 0.29) is 5.56 Å². The molecule has 0 atom stereocenters. The SMILES string of the molecule is CSc1ncc(Br)cc1C(=O)O. The van der Waals surface area contributed by atoms with Gasteiger partial charge in [-0.3, -0.25) is 0 Å². The fourth-order valence-corrected chi connectivity index (χ4v) is 1.60. The normalized spacial score (nSPS) is 9.83. The number of aromatic carboxylic acids is 1. The lowest BCUT2D eigenvalue weighted by molar-refractivity contribution is 0.0692. The van der Waals surface area contributed by atoms with E-state index in [4.69, 9.17) is 5.11 Å². The Bertz CT molecular complexity index is 316. The minimum atomic E-state index is -0.951. The lowest BCUT2D eigenvalue weighted by Crippen LogP contribution is -2.00. The third-order valence-corrected chi connectivity index (χ3v) is 2.39. The monoisotopic (exact) mass is 247 g/mol. The Morgan fingerprint density at radius 2 is 2.42 bits per heavy atom. The molecule has 1 heterocycles. The van der Waals surface area contributed by atoms with E-state index in [1.807, 2.05) is 0 Å². The predicted octanol–water partition coefficient (Wildman–Crippen LogP) is 2.26. The van der Waals surface area contributed by atoms with Crippen molar-refractivity contribution in [2.75, 3.05) is 6.26 Å². The van der Waals surface area contributed by atoms with Crippen molar-refractivity contribution in [3.8, 4) is 0 Å². The highest BCUT2D eigenvalue weighted by molar-refractivity contribution is 9.10. The predicted molar refractivity (Wildman–Crippen MR) is 50.7 cm³/mol. The molecule has 0 aromatic carbocycles. The molecule has 64 valence electrons. The van der Waals surface area contributed by atoms with E-state index in [0.29, 0.717) is 9.50 Å². The molecule has 12 heavy (non-hydrogen) atoms. The van der Waals surface area contributed by atoms with Gasteiger partial charge in [-0.2, -0.15) is 0 Å². The summed E-state index contributed by atoms with van der Waals surface area (Å²) >= 11 is 4.48. The first-order chi connectivity index (χ1) is 5.65. The number of halogens is 1. The molecule has 0 radical (unpaired) electrons. The number of rotatable bonds is 2. The van der Waals surface area contributed by atoms with E-state index in [1.54, 1.807) is 18.5 Å². The average molecular weight is 248 g/mol. The van der Waals surface area contributed by atoms with Crippen LogP contribution >= 0.6 is 27.7 Å². The second-order valence-electron chi connectivity index (χ2n) is 2.02. The molecule has 0 saturated heterocycles. The van der Waals surface area contributed by atoms with Crippen LogP contribution in [0.15, 0.2) is 21.8 Å². The molecule has 0 fully saturated rings. The summed E-state index contributed by atoms with van der Waals surface area (Å²) in [6.07, 6.45) is 3.38. The van der Waals surface area contributed by atoms with Crippen molar-refractivity contribution in [2.24, 2.45) is 0 Å². The van der Waals surface area contributed by atoms with E-state index in [9.17, 15) is 4.79 Å². The fraction of sp³-hybridized carbons (Fsp3) is 0.143. The molecule has 1 aromatic rings. The van der Waals surface area contributed by atoms with Crippen LogP contribution in [0.5, 0.6) is 0 Å². The summed E-state index contributed by atoms with van der Waals surface area (Å²) in [7, 11) is 0. The number of thioether (sulfide) groups is 1. The molecule has 5 heteroatoms. The maximum absolute atomic E-state index is 10.7. The molecule has 1 N–H and O–H groups in total. The molecular weight excluding hydrogens is 242 g/mol. The van der Waals surface area contributed by atoms with Crippen LogP contribution in [0.25, 0.3) is 0 Å². The third kappa shape index (κ3) is 1.98. The average Bonchev–Trinajstić information content (AvgIpc) is 2.04. The van der Waals surface area contributed by atoms with Crippen LogP contribution in [-0.4, -0.2) is 22.3 Å². The number of pyridine rings is 1. The smallest absolute Gasteiger partial charge is 0.338 e. The van der Waals surface area contributed by atoms with Crippen LogP contribution in [0, 0.1) is 0 Å². The molecular formula is C7H6BrNO2S. The second-order valence-corrected chi connectivity index (χ2v) is 3.73. The van der Waals surface area contributed by atoms with Gasteiger partial charge in [-0.15, -0.1) is 11.8 Å². The van der Waals surface area contributed by atoms with Crippen LogP contribution in [-0.2, 0) is 0 Å². The molecule has 1 rings (SSSR count). The summed E-state index contributed by atoms with van der Waals surface area (Å²) in [5.74, 6) is -0.951.